The highest BCUT2D eigenvalue weighted by molar-refractivity contribution is 9.10. The Hall–Kier alpha value is -1.07. The quantitative estimate of drug-likeness (QED) is 0.922. The molecule has 0 saturated carbocycles. The Kier molecular flexibility index (Phi) is 3.40. The maximum atomic E-state index is 13.1. The first kappa shape index (κ1) is 12.4. The maximum absolute atomic E-state index is 13.1. The number of nitrogens with two attached hydrogens (primary N) is 1. The number of nitrogens with zero attached hydrogens (tertiary/aromatic N) is 2. The second kappa shape index (κ2) is 4.66. The summed E-state index contributed by atoms with van der Waals surface area (Å²) in [5.41, 5.74) is 7.38. The van der Waals surface area contributed by atoms with E-state index in [2.05, 4.69) is 21.0 Å². The topological polar surface area (TPSA) is 43.8 Å². The smallest absolute Gasteiger partial charge is 0.141 e. The number of aromatic nitrogens is 2. The lowest BCUT2D eigenvalue weighted by Crippen LogP contribution is -2.06. The summed E-state index contributed by atoms with van der Waals surface area (Å²) in [7, 11) is 0. The van der Waals surface area contributed by atoms with Crippen molar-refractivity contribution < 1.29 is 4.39 Å². The highest BCUT2D eigenvalue weighted by atomic mass is 79.9. The minimum Gasteiger partial charge on any atom is -0.383 e. The van der Waals surface area contributed by atoms with E-state index >= 15 is 0 Å². The molecule has 1 aromatic carbocycles. The summed E-state index contributed by atoms with van der Waals surface area (Å²) < 4.78 is 15.1. The predicted octanol–water partition coefficient (Wildman–Crippen LogP) is 3.38. The fraction of sp³-hybridized carbons (Fsp3) is 0.182. The van der Waals surface area contributed by atoms with Crippen molar-refractivity contribution in [3.63, 3.8) is 0 Å². The normalized spacial score (nSPS) is 10.8. The Labute approximate surface area is 112 Å². The molecular formula is C11H10BrClFN3. The van der Waals surface area contributed by atoms with Gasteiger partial charge in [-0.3, -0.25) is 0 Å². The van der Waals surface area contributed by atoms with E-state index in [1.54, 1.807) is 23.7 Å². The van der Waals surface area contributed by atoms with Crippen molar-refractivity contribution in [3.05, 3.63) is 44.8 Å². The second-order valence-corrected chi connectivity index (χ2v) is 4.92. The lowest BCUT2D eigenvalue weighted by Gasteiger charge is -2.05. The van der Waals surface area contributed by atoms with Gasteiger partial charge >= 0.3 is 0 Å². The molecule has 0 aliphatic carbocycles. The molecule has 3 nitrogen and oxygen atoms in total. The van der Waals surface area contributed by atoms with Crippen molar-refractivity contribution in [1.29, 1.82) is 0 Å². The van der Waals surface area contributed by atoms with Crippen LogP contribution in [0.3, 0.4) is 0 Å². The first-order valence-electron chi connectivity index (χ1n) is 4.91. The van der Waals surface area contributed by atoms with Crippen LogP contribution in [0.5, 0.6) is 0 Å². The van der Waals surface area contributed by atoms with Crippen molar-refractivity contribution in [3.8, 4) is 0 Å². The van der Waals surface area contributed by atoms with Gasteiger partial charge in [-0.1, -0.05) is 17.7 Å². The van der Waals surface area contributed by atoms with Crippen LogP contribution in [-0.4, -0.2) is 9.78 Å². The Bertz CT molecular complexity index is 568. The molecule has 0 unspecified atom stereocenters. The monoisotopic (exact) mass is 317 g/mol. The van der Waals surface area contributed by atoms with Crippen LogP contribution in [0.1, 0.15) is 11.3 Å². The number of nitrogen functional groups attached to an aromatic ring is 1. The van der Waals surface area contributed by atoms with Crippen LogP contribution >= 0.6 is 27.5 Å². The van der Waals surface area contributed by atoms with Gasteiger partial charge in [0.05, 0.1) is 16.7 Å². The molecule has 0 aliphatic rings. The maximum Gasteiger partial charge on any atom is 0.141 e. The molecule has 1 aromatic heterocycles. The molecule has 0 radical (unpaired) electrons. The van der Waals surface area contributed by atoms with Crippen molar-refractivity contribution in [2.24, 2.45) is 0 Å². The van der Waals surface area contributed by atoms with Gasteiger partial charge in [0, 0.05) is 0 Å². The van der Waals surface area contributed by atoms with E-state index in [1.165, 1.54) is 6.07 Å². The number of halogens is 3. The Balaban J connectivity index is 2.31. The molecule has 0 saturated heterocycles. The van der Waals surface area contributed by atoms with Crippen LogP contribution in [0.25, 0.3) is 0 Å². The number of hydrogen-bond acceptors (Lipinski definition) is 2. The summed E-state index contributed by atoms with van der Waals surface area (Å²) >= 11 is 9.08. The van der Waals surface area contributed by atoms with Gasteiger partial charge in [0.2, 0.25) is 0 Å². The molecule has 0 amide bonds. The molecule has 2 rings (SSSR count). The molecule has 0 atom stereocenters. The van der Waals surface area contributed by atoms with Gasteiger partial charge in [-0.25, -0.2) is 9.07 Å². The first-order valence-corrected chi connectivity index (χ1v) is 6.08. The average molecular weight is 319 g/mol. The minimum atomic E-state index is -0.295. The van der Waals surface area contributed by atoms with Gasteiger partial charge in [-0.15, -0.1) is 0 Å². The lowest BCUT2D eigenvalue weighted by atomic mass is 10.2. The van der Waals surface area contributed by atoms with E-state index in [1.807, 2.05) is 0 Å². The van der Waals surface area contributed by atoms with Gasteiger partial charge in [-0.2, -0.15) is 5.10 Å². The molecule has 0 fully saturated rings. The lowest BCUT2D eigenvalue weighted by molar-refractivity contribution is 0.618. The van der Waals surface area contributed by atoms with Gasteiger partial charge in [0.1, 0.15) is 16.7 Å². The zero-order chi connectivity index (χ0) is 12.6. The SMILES string of the molecule is Cc1nn(Cc2ccc(F)c(Br)c2)c(N)c1Cl. The third-order valence-electron chi connectivity index (χ3n) is 2.41. The Morgan fingerprint density at radius 1 is 1.53 bits per heavy atom. The molecule has 1 heterocycles. The number of anilines is 1. The summed E-state index contributed by atoms with van der Waals surface area (Å²) in [5, 5.41) is 4.67. The van der Waals surface area contributed by atoms with Crippen LogP contribution in [0.15, 0.2) is 22.7 Å². The van der Waals surface area contributed by atoms with Gasteiger partial charge < -0.3 is 5.73 Å². The van der Waals surface area contributed by atoms with E-state index in [0.717, 1.165) is 5.56 Å². The molecule has 6 heteroatoms. The van der Waals surface area contributed by atoms with Crippen molar-refractivity contribution in [2.45, 2.75) is 13.5 Å². The third-order valence-corrected chi connectivity index (χ3v) is 3.48. The van der Waals surface area contributed by atoms with E-state index in [0.29, 0.717) is 27.6 Å². The molecule has 2 N–H and O–H groups in total. The van der Waals surface area contributed by atoms with Crippen LogP contribution in [-0.2, 0) is 6.54 Å². The standard InChI is InChI=1S/C11H10BrClFN3/c1-6-10(13)11(15)17(16-6)5-7-2-3-9(14)8(12)4-7/h2-4H,5,15H2,1H3. The highest BCUT2D eigenvalue weighted by Crippen LogP contribution is 2.24. The van der Waals surface area contributed by atoms with Crippen molar-refractivity contribution in [1.82, 2.24) is 9.78 Å². The van der Waals surface area contributed by atoms with Crippen LogP contribution in [0.4, 0.5) is 10.2 Å². The summed E-state index contributed by atoms with van der Waals surface area (Å²) in [6.45, 7) is 2.24. The fourth-order valence-corrected chi connectivity index (χ4v) is 2.07. The Morgan fingerprint density at radius 3 is 2.76 bits per heavy atom. The van der Waals surface area contributed by atoms with E-state index in [-0.39, 0.29) is 5.82 Å². The number of benzene rings is 1. The van der Waals surface area contributed by atoms with Crippen molar-refractivity contribution >= 4 is 33.3 Å². The minimum absolute atomic E-state index is 0.295. The highest BCUT2D eigenvalue weighted by Gasteiger charge is 2.10. The molecule has 0 aliphatic heterocycles. The van der Waals surface area contributed by atoms with E-state index < -0.39 is 0 Å². The van der Waals surface area contributed by atoms with E-state index in [9.17, 15) is 4.39 Å². The number of aryl methyl sites for hydroxylation is 1. The second-order valence-electron chi connectivity index (χ2n) is 3.69. The van der Waals surface area contributed by atoms with E-state index in [4.69, 9.17) is 17.3 Å². The number of rotatable bonds is 2. The summed E-state index contributed by atoms with van der Waals surface area (Å²) in [6, 6.07) is 4.78. The summed E-state index contributed by atoms with van der Waals surface area (Å²) in [6.07, 6.45) is 0. The Morgan fingerprint density at radius 2 is 2.24 bits per heavy atom. The summed E-state index contributed by atoms with van der Waals surface area (Å²) in [5.74, 6) is 0.126. The zero-order valence-electron chi connectivity index (χ0n) is 9.04. The van der Waals surface area contributed by atoms with Crippen LogP contribution in [0.2, 0.25) is 5.02 Å². The molecule has 0 spiro atoms. The van der Waals surface area contributed by atoms with Gasteiger partial charge in [-0.05, 0) is 40.5 Å². The van der Waals surface area contributed by atoms with Crippen LogP contribution < -0.4 is 5.73 Å². The molecule has 2 aromatic rings. The van der Waals surface area contributed by atoms with Crippen molar-refractivity contribution in [2.75, 3.05) is 5.73 Å². The number of hydrogen-bond donors (Lipinski definition) is 1. The van der Waals surface area contributed by atoms with Gasteiger partial charge in [0.25, 0.3) is 0 Å². The zero-order valence-corrected chi connectivity index (χ0v) is 11.4. The molecule has 90 valence electrons. The summed E-state index contributed by atoms with van der Waals surface area (Å²) in [4.78, 5) is 0. The van der Waals surface area contributed by atoms with Crippen LogP contribution in [0, 0.1) is 12.7 Å². The third kappa shape index (κ3) is 2.45. The molecular weight excluding hydrogens is 308 g/mol. The molecule has 0 bridgehead atoms. The first-order chi connectivity index (χ1) is 7.99. The predicted molar refractivity (Wildman–Crippen MR) is 69.6 cm³/mol. The molecule has 17 heavy (non-hydrogen) atoms. The largest absolute Gasteiger partial charge is 0.383 e. The van der Waals surface area contributed by atoms with Gasteiger partial charge in [0.15, 0.2) is 0 Å². The fourth-order valence-electron chi connectivity index (χ4n) is 1.51. The average Bonchev–Trinajstić information content (AvgIpc) is 2.52.